The smallest absolute Gasteiger partial charge is 0.119 e. The molecule has 0 radical (unpaired) electrons. The minimum absolute atomic E-state index is 0.0458. The highest BCUT2D eigenvalue weighted by Crippen LogP contribution is 2.17. The Morgan fingerprint density at radius 1 is 1.56 bits per heavy atom. The first kappa shape index (κ1) is 13.1. The summed E-state index contributed by atoms with van der Waals surface area (Å²) in [5.74, 6) is 0.864. The molecule has 2 atom stereocenters. The second-order valence-electron chi connectivity index (χ2n) is 4.67. The second-order valence-corrected chi connectivity index (χ2v) is 4.67. The molecule has 3 heteroatoms. The van der Waals surface area contributed by atoms with Crippen LogP contribution in [0.5, 0.6) is 5.75 Å². The molecule has 0 spiro atoms. The van der Waals surface area contributed by atoms with Gasteiger partial charge in [-0.2, -0.15) is 0 Å². The van der Waals surface area contributed by atoms with Gasteiger partial charge in [-0.3, -0.25) is 0 Å². The van der Waals surface area contributed by atoms with Gasteiger partial charge in [-0.25, -0.2) is 0 Å². The monoisotopic (exact) mass is 247 g/mol. The van der Waals surface area contributed by atoms with Gasteiger partial charge in [0.1, 0.15) is 12.4 Å². The highest BCUT2D eigenvalue weighted by Gasteiger charge is 2.23. The molecule has 0 aromatic heterocycles. The Bertz CT molecular complexity index is 386. The summed E-state index contributed by atoms with van der Waals surface area (Å²) in [7, 11) is 0. The van der Waals surface area contributed by atoms with Gasteiger partial charge in [-0.15, -0.1) is 6.58 Å². The van der Waals surface area contributed by atoms with Crippen molar-refractivity contribution in [3.8, 4) is 5.75 Å². The fourth-order valence-electron chi connectivity index (χ4n) is 2.17. The van der Waals surface area contributed by atoms with E-state index in [0.29, 0.717) is 6.61 Å². The lowest BCUT2D eigenvalue weighted by Gasteiger charge is -2.19. The maximum Gasteiger partial charge on any atom is 0.119 e. The van der Waals surface area contributed by atoms with Crippen molar-refractivity contribution in [3.05, 3.63) is 42.5 Å². The Hall–Kier alpha value is -1.32. The number of allylic oxidation sites excluding steroid dienone is 1. The van der Waals surface area contributed by atoms with Crippen LogP contribution in [0.15, 0.2) is 36.9 Å². The van der Waals surface area contributed by atoms with Crippen LogP contribution in [-0.2, 0) is 11.2 Å². The van der Waals surface area contributed by atoms with Crippen molar-refractivity contribution >= 4 is 0 Å². The van der Waals surface area contributed by atoms with Gasteiger partial charge in [-0.1, -0.05) is 18.2 Å². The van der Waals surface area contributed by atoms with Crippen LogP contribution in [0.1, 0.15) is 18.4 Å². The Balaban J connectivity index is 1.85. The zero-order chi connectivity index (χ0) is 12.8. The molecular weight excluding hydrogens is 226 g/mol. The van der Waals surface area contributed by atoms with Gasteiger partial charge in [0.05, 0.1) is 12.1 Å². The standard InChI is InChI=1S/C15H21NO2/c1-2-5-12-6-3-7-13(10-12)18-11-14(16)15-8-4-9-17-15/h2-3,6-7,10,14-15H,1,4-5,8-9,11,16H2. The molecular formula is C15H21NO2. The van der Waals surface area contributed by atoms with E-state index in [1.54, 1.807) is 0 Å². The van der Waals surface area contributed by atoms with Crippen LogP contribution in [0.25, 0.3) is 0 Å². The van der Waals surface area contributed by atoms with Crippen molar-refractivity contribution in [2.24, 2.45) is 5.73 Å². The molecule has 0 aliphatic carbocycles. The molecule has 1 aliphatic heterocycles. The lowest BCUT2D eigenvalue weighted by atomic mass is 10.1. The highest BCUT2D eigenvalue weighted by atomic mass is 16.5. The van der Waals surface area contributed by atoms with Gasteiger partial charge >= 0.3 is 0 Å². The summed E-state index contributed by atoms with van der Waals surface area (Å²) in [5, 5.41) is 0. The van der Waals surface area contributed by atoms with E-state index in [-0.39, 0.29) is 12.1 Å². The molecule has 0 amide bonds. The first-order valence-corrected chi connectivity index (χ1v) is 6.49. The van der Waals surface area contributed by atoms with Crippen LogP contribution < -0.4 is 10.5 Å². The molecule has 0 saturated carbocycles. The fraction of sp³-hybridized carbons (Fsp3) is 0.467. The largest absolute Gasteiger partial charge is 0.492 e. The third-order valence-electron chi connectivity index (χ3n) is 3.16. The molecule has 1 fully saturated rings. The highest BCUT2D eigenvalue weighted by molar-refractivity contribution is 5.29. The average molecular weight is 247 g/mol. The van der Waals surface area contributed by atoms with E-state index in [2.05, 4.69) is 12.6 Å². The van der Waals surface area contributed by atoms with Gasteiger partial charge in [0.25, 0.3) is 0 Å². The van der Waals surface area contributed by atoms with E-state index in [0.717, 1.165) is 31.6 Å². The summed E-state index contributed by atoms with van der Waals surface area (Å²) in [4.78, 5) is 0. The predicted octanol–water partition coefficient (Wildman–Crippen LogP) is 2.30. The molecule has 0 bridgehead atoms. The summed E-state index contributed by atoms with van der Waals surface area (Å²) >= 11 is 0. The van der Waals surface area contributed by atoms with Crippen molar-refractivity contribution in [1.82, 2.24) is 0 Å². The molecule has 2 N–H and O–H groups in total. The molecule has 2 unspecified atom stereocenters. The third-order valence-corrected chi connectivity index (χ3v) is 3.16. The molecule has 3 nitrogen and oxygen atoms in total. The van der Waals surface area contributed by atoms with Gasteiger partial charge in [0.15, 0.2) is 0 Å². The van der Waals surface area contributed by atoms with E-state index in [9.17, 15) is 0 Å². The topological polar surface area (TPSA) is 44.5 Å². The maximum atomic E-state index is 6.06. The lowest BCUT2D eigenvalue weighted by Crippen LogP contribution is -2.39. The SMILES string of the molecule is C=CCc1cccc(OCC(N)C2CCCO2)c1. The number of hydrogen-bond acceptors (Lipinski definition) is 3. The summed E-state index contributed by atoms with van der Waals surface area (Å²) in [6.07, 6.45) is 5.04. The van der Waals surface area contributed by atoms with Gasteiger partial charge in [-0.05, 0) is 37.0 Å². The number of ether oxygens (including phenoxy) is 2. The number of hydrogen-bond donors (Lipinski definition) is 1. The quantitative estimate of drug-likeness (QED) is 0.784. The summed E-state index contributed by atoms with van der Waals surface area (Å²) in [6.45, 7) is 5.06. The minimum Gasteiger partial charge on any atom is -0.492 e. The molecule has 1 saturated heterocycles. The van der Waals surface area contributed by atoms with Crippen LogP contribution in [0.4, 0.5) is 0 Å². The van der Waals surface area contributed by atoms with Crippen molar-refractivity contribution in [1.29, 1.82) is 0 Å². The third kappa shape index (κ3) is 3.59. The number of rotatable bonds is 6. The van der Waals surface area contributed by atoms with E-state index in [1.807, 2.05) is 24.3 Å². The van der Waals surface area contributed by atoms with E-state index in [1.165, 1.54) is 5.56 Å². The van der Waals surface area contributed by atoms with Crippen LogP contribution >= 0.6 is 0 Å². The van der Waals surface area contributed by atoms with Crippen LogP contribution in [0.3, 0.4) is 0 Å². The normalized spacial score (nSPS) is 20.6. The Labute approximate surface area is 109 Å². The molecule has 18 heavy (non-hydrogen) atoms. The van der Waals surface area contributed by atoms with Crippen molar-refractivity contribution < 1.29 is 9.47 Å². The lowest BCUT2D eigenvalue weighted by molar-refractivity contribution is 0.0734. The average Bonchev–Trinajstić information content (AvgIpc) is 2.91. The Morgan fingerprint density at radius 2 is 2.44 bits per heavy atom. The molecule has 1 aromatic rings. The van der Waals surface area contributed by atoms with Crippen molar-refractivity contribution in [3.63, 3.8) is 0 Å². The zero-order valence-corrected chi connectivity index (χ0v) is 10.7. The Kier molecular flexibility index (Phi) is 4.79. The second kappa shape index (κ2) is 6.57. The molecule has 1 aliphatic rings. The predicted molar refractivity (Wildman–Crippen MR) is 72.8 cm³/mol. The summed E-state index contributed by atoms with van der Waals surface area (Å²) in [5.41, 5.74) is 7.26. The number of nitrogens with two attached hydrogens (primary N) is 1. The van der Waals surface area contributed by atoms with Crippen LogP contribution in [-0.4, -0.2) is 25.4 Å². The molecule has 98 valence electrons. The Morgan fingerprint density at radius 3 is 3.17 bits per heavy atom. The minimum atomic E-state index is -0.0458. The van der Waals surface area contributed by atoms with E-state index >= 15 is 0 Å². The first-order valence-electron chi connectivity index (χ1n) is 6.49. The van der Waals surface area contributed by atoms with Crippen LogP contribution in [0.2, 0.25) is 0 Å². The van der Waals surface area contributed by atoms with E-state index < -0.39 is 0 Å². The molecule has 1 heterocycles. The number of benzene rings is 1. The first-order chi connectivity index (χ1) is 8.79. The van der Waals surface area contributed by atoms with Gasteiger partial charge in [0, 0.05) is 6.61 Å². The summed E-state index contributed by atoms with van der Waals surface area (Å²) < 4.78 is 11.3. The maximum absolute atomic E-state index is 6.06. The van der Waals surface area contributed by atoms with Crippen LogP contribution in [0, 0.1) is 0 Å². The van der Waals surface area contributed by atoms with Crippen molar-refractivity contribution in [2.45, 2.75) is 31.4 Å². The van der Waals surface area contributed by atoms with Gasteiger partial charge < -0.3 is 15.2 Å². The van der Waals surface area contributed by atoms with Crippen molar-refractivity contribution in [2.75, 3.05) is 13.2 Å². The summed E-state index contributed by atoms with van der Waals surface area (Å²) in [6, 6.07) is 7.99. The van der Waals surface area contributed by atoms with E-state index in [4.69, 9.17) is 15.2 Å². The molecule has 2 rings (SSSR count). The zero-order valence-electron chi connectivity index (χ0n) is 10.7. The molecule has 1 aromatic carbocycles. The van der Waals surface area contributed by atoms with Gasteiger partial charge in [0.2, 0.25) is 0 Å². The fourth-order valence-corrected chi connectivity index (χ4v) is 2.17.